The molecule has 206 valence electrons. The van der Waals surface area contributed by atoms with Crippen molar-refractivity contribution >= 4 is 21.7 Å². The molecular weight excluding hydrogens is 521 g/mol. The molecule has 0 spiro atoms. The van der Waals surface area contributed by atoms with Crippen molar-refractivity contribution in [1.29, 1.82) is 0 Å². The maximum absolute atomic E-state index is 13.6. The van der Waals surface area contributed by atoms with Crippen molar-refractivity contribution in [1.82, 2.24) is 10.2 Å². The van der Waals surface area contributed by atoms with Gasteiger partial charge in [0.1, 0.15) is 6.04 Å². The van der Waals surface area contributed by atoms with Crippen LogP contribution in [0.1, 0.15) is 54.7 Å². The quantitative estimate of drug-likeness (QED) is 0.555. The second-order valence-corrected chi connectivity index (χ2v) is 12.3. The van der Waals surface area contributed by atoms with Gasteiger partial charge >= 0.3 is 6.18 Å². The second-order valence-electron chi connectivity index (χ2n) is 10.0. The van der Waals surface area contributed by atoms with Crippen LogP contribution < -0.4 is 5.32 Å². The van der Waals surface area contributed by atoms with Crippen molar-refractivity contribution in [3.8, 4) is 0 Å². The van der Waals surface area contributed by atoms with Crippen molar-refractivity contribution in [3.05, 3.63) is 65.2 Å². The Balaban J connectivity index is 1.59. The molecule has 11 heteroatoms. The molecule has 7 nitrogen and oxygen atoms in total. The van der Waals surface area contributed by atoms with Gasteiger partial charge in [-0.3, -0.25) is 9.59 Å². The summed E-state index contributed by atoms with van der Waals surface area (Å²) < 4.78 is 69.1. The molecule has 0 aromatic heterocycles. The van der Waals surface area contributed by atoms with Gasteiger partial charge in [0, 0.05) is 17.5 Å². The van der Waals surface area contributed by atoms with Crippen molar-refractivity contribution < 1.29 is 35.9 Å². The number of carbonyl (C=O) groups excluding carboxylic acids is 2. The first kappa shape index (κ1) is 28.1. The topological polar surface area (TPSA) is 92.8 Å². The van der Waals surface area contributed by atoms with Crippen LogP contribution in [0.4, 0.5) is 13.2 Å². The number of nitrogens with one attached hydrogen (secondary N) is 1. The SMILES string of the molecule is CCS(=O)(=O)c1cccc(C(=O)N2[C@@H](C(=O)NC(c3ccc(C(F)(F)F)cc3)C3COC3)C[C@@H](C)[C@H]2C)c1. The zero-order valence-electron chi connectivity index (χ0n) is 21.4. The van der Waals surface area contributed by atoms with E-state index in [1.165, 1.54) is 48.2 Å². The summed E-state index contributed by atoms with van der Waals surface area (Å²) in [4.78, 5) is 28.7. The number of hydrogen-bond donors (Lipinski definition) is 1. The van der Waals surface area contributed by atoms with Gasteiger partial charge in [-0.05, 0) is 55.2 Å². The van der Waals surface area contributed by atoms with Gasteiger partial charge in [-0.1, -0.05) is 32.0 Å². The first-order valence-corrected chi connectivity index (χ1v) is 14.2. The molecule has 2 aliphatic rings. The third-order valence-electron chi connectivity index (χ3n) is 7.58. The van der Waals surface area contributed by atoms with Gasteiger partial charge < -0.3 is 15.0 Å². The minimum absolute atomic E-state index is 0.00573. The molecule has 0 saturated carbocycles. The Morgan fingerprint density at radius 1 is 1.11 bits per heavy atom. The summed E-state index contributed by atoms with van der Waals surface area (Å²) in [7, 11) is -3.53. The zero-order chi connectivity index (χ0) is 27.8. The highest BCUT2D eigenvalue weighted by Gasteiger charge is 2.44. The average molecular weight is 553 g/mol. The smallest absolute Gasteiger partial charge is 0.381 e. The van der Waals surface area contributed by atoms with Crippen molar-refractivity contribution in [2.75, 3.05) is 19.0 Å². The maximum Gasteiger partial charge on any atom is 0.416 e. The van der Waals surface area contributed by atoms with E-state index in [2.05, 4.69) is 5.32 Å². The normalized spacial score (nSPS) is 23.1. The first-order valence-electron chi connectivity index (χ1n) is 12.5. The van der Waals surface area contributed by atoms with Crippen LogP contribution in [0.25, 0.3) is 0 Å². The molecule has 2 aliphatic heterocycles. The van der Waals surface area contributed by atoms with E-state index in [-0.39, 0.29) is 34.1 Å². The molecule has 2 amide bonds. The van der Waals surface area contributed by atoms with Gasteiger partial charge in [-0.2, -0.15) is 13.2 Å². The molecule has 1 unspecified atom stereocenters. The highest BCUT2D eigenvalue weighted by molar-refractivity contribution is 7.91. The van der Waals surface area contributed by atoms with Crippen molar-refractivity contribution in [2.45, 2.75) is 56.4 Å². The summed E-state index contributed by atoms with van der Waals surface area (Å²) in [5.41, 5.74) is -0.0854. The molecule has 38 heavy (non-hydrogen) atoms. The number of ether oxygens (including phenoxy) is 1. The summed E-state index contributed by atoms with van der Waals surface area (Å²) in [5, 5.41) is 2.97. The van der Waals surface area contributed by atoms with Crippen LogP contribution in [-0.2, 0) is 25.5 Å². The van der Waals surface area contributed by atoms with Gasteiger partial charge in [0.05, 0.1) is 35.5 Å². The summed E-state index contributed by atoms with van der Waals surface area (Å²) in [5.74, 6) is -1.10. The van der Waals surface area contributed by atoms with E-state index < -0.39 is 45.5 Å². The monoisotopic (exact) mass is 552 g/mol. The van der Waals surface area contributed by atoms with Gasteiger partial charge in [0.2, 0.25) is 5.91 Å². The summed E-state index contributed by atoms with van der Waals surface area (Å²) in [6.07, 6.45) is -4.08. The van der Waals surface area contributed by atoms with Crippen LogP contribution in [0.5, 0.6) is 0 Å². The Bertz CT molecular complexity index is 1290. The lowest BCUT2D eigenvalue weighted by Crippen LogP contribution is -2.51. The van der Waals surface area contributed by atoms with Crippen LogP contribution in [0, 0.1) is 11.8 Å². The molecule has 2 aromatic carbocycles. The molecule has 4 atom stereocenters. The van der Waals surface area contributed by atoms with Crippen LogP contribution in [0.3, 0.4) is 0 Å². The first-order chi connectivity index (χ1) is 17.8. The molecular formula is C27H31F3N2O5S. The molecule has 0 radical (unpaired) electrons. The molecule has 2 heterocycles. The van der Waals surface area contributed by atoms with Crippen molar-refractivity contribution in [3.63, 3.8) is 0 Å². The molecule has 1 N–H and O–H groups in total. The van der Waals surface area contributed by atoms with Gasteiger partial charge in [-0.25, -0.2) is 8.42 Å². The Morgan fingerprint density at radius 3 is 2.32 bits per heavy atom. The number of benzene rings is 2. The minimum atomic E-state index is -4.47. The number of amides is 2. The Morgan fingerprint density at radius 2 is 1.76 bits per heavy atom. The predicted molar refractivity (Wildman–Crippen MR) is 134 cm³/mol. The van der Waals surface area contributed by atoms with Crippen LogP contribution in [-0.4, -0.2) is 56.2 Å². The molecule has 0 bridgehead atoms. The van der Waals surface area contributed by atoms with Gasteiger partial charge in [0.25, 0.3) is 5.91 Å². The number of likely N-dealkylation sites (tertiary alicyclic amines) is 1. The van der Waals surface area contributed by atoms with Crippen LogP contribution >= 0.6 is 0 Å². The zero-order valence-corrected chi connectivity index (χ0v) is 22.2. The third-order valence-corrected chi connectivity index (χ3v) is 9.31. The summed E-state index contributed by atoms with van der Waals surface area (Å²) in [6, 6.07) is 8.79. The second kappa shape index (κ2) is 10.7. The maximum atomic E-state index is 13.6. The van der Waals surface area contributed by atoms with Crippen LogP contribution in [0.15, 0.2) is 53.4 Å². The number of halogens is 3. The third kappa shape index (κ3) is 5.58. The van der Waals surface area contributed by atoms with E-state index in [0.717, 1.165) is 12.1 Å². The van der Waals surface area contributed by atoms with E-state index in [9.17, 15) is 31.2 Å². The fourth-order valence-electron chi connectivity index (χ4n) is 4.97. The van der Waals surface area contributed by atoms with E-state index in [1.54, 1.807) is 0 Å². The lowest BCUT2D eigenvalue weighted by Gasteiger charge is -2.36. The lowest BCUT2D eigenvalue weighted by molar-refractivity contribution is -0.137. The molecule has 2 saturated heterocycles. The highest BCUT2D eigenvalue weighted by Crippen LogP contribution is 2.35. The number of carbonyl (C=O) groups is 2. The fraction of sp³-hybridized carbons (Fsp3) is 0.481. The number of sulfone groups is 1. The van der Waals surface area contributed by atoms with E-state index >= 15 is 0 Å². The van der Waals surface area contributed by atoms with E-state index in [0.29, 0.717) is 25.2 Å². The average Bonchev–Trinajstić information content (AvgIpc) is 3.15. The molecule has 4 rings (SSSR count). The van der Waals surface area contributed by atoms with E-state index in [1.807, 2.05) is 13.8 Å². The Kier molecular flexibility index (Phi) is 7.90. The van der Waals surface area contributed by atoms with Gasteiger partial charge in [0.15, 0.2) is 9.84 Å². The fourth-order valence-corrected chi connectivity index (χ4v) is 5.89. The van der Waals surface area contributed by atoms with E-state index in [4.69, 9.17) is 4.74 Å². The number of nitrogens with zero attached hydrogens (tertiary/aromatic N) is 1. The summed E-state index contributed by atoms with van der Waals surface area (Å²) >= 11 is 0. The Labute approximate surface area is 220 Å². The minimum Gasteiger partial charge on any atom is -0.381 e. The Hall–Kier alpha value is -2.92. The number of hydrogen-bond acceptors (Lipinski definition) is 5. The standard InChI is InChI=1S/C27H31F3N2O5S/c1-4-38(35,36)22-7-5-6-19(13-22)26(34)32-17(3)16(2)12-23(32)25(33)31-24(20-14-37-15-20)18-8-10-21(11-9-18)27(28,29)30/h5-11,13,16-17,20,23-24H,4,12,14-15H2,1-3H3,(H,31,33)/t16-,17-,23-,24?/m1/s1. The summed E-state index contributed by atoms with van der Waals surface area (Å²) in [6.45, 7) is 6.00. The largest absolute Gasteiger partial charge is 0.416 e. The predicted octanol–water partition coefficient (Wildman–Crippen LogP) is 4.24. The molecule has 0 aliphatic carbocycles. The van der Waals surface area contributed by atoms with Crippen molar-refractivity contribution in [2.24, 2.45) is 11.8 Å². The van der Waals surface area contributed by atoms with Crippen LogP contribution in [0.2, 0.25) is 0 Å². The molecule has 2 aromatic rings. The number of rotatable bonds is 7. The van der Waals surface area contributed by atoms with Gasteiger partial charge in [-0.15, -0.1) is 0 Å². The highest BCUT2D eigenvalue weighted by atomic mass is 32.2. The lowest BCUT2D eigenvalue weighted by atomic mass is 9.90. The molecule has 2 fully saturated rings. The number of alkyl halides is 3.